The van der Waals surface area contributed by atoms with Crippen molar-refractivity contribution in [3.05, 3.63) is 48.0 Å². The second-order valence-corrected chi connectivity index (χ2v) is 7.77. The van der Waals surface area contributed by atoms with Crippen LogP contribution >= 0.6 is 11.5 Å². The van der Waals surface area contributed by atoms with E-state index >= 15 is 0 Å². The number of azo groups is 1. The van der Waals surface area contributed by atoms with Gasteiger partial charge in [0.1, 0.15) is 11.4 Å². The minimum Gasteiger partial charge on any atom is -0.506 e. The van der Waals surface area contributed by atoms with Crippen LogP contribution in [0, 0.1) is 0 Å². The van der Waals surface area contributed by atoms with Gasteiger partial charge in [0.05, 0.1) is 18.7 Å². The number of aromatic nitrogens is 2. The van der Waals surface area contributed by atoms with Gasteiger partial charge in [0.15, 0.2) is 11.6 Å². The van der Waals surface area contributed by atoms with Crippen molar-refractivity contribution in [2.75, 3.05) is 24.6 Å². The zero-order valence-electron chi connectivity index (χ0n) is 17.4. The van der Waals surface area contributed by atoms with Gasteiger partial charge < -0.3 is 14.7 Å². The van der Waals surface area contributed by atoms with Crippen molar-refractivity contribution >= 4 is 39.8 Å². The minimum atomic E-state index is -0.299. The molecule has 0 unspecified atom stereocenters. The Kier molecular flexibility index (Phi) is 6.50. The molecule has 0 spiro atoms. The molecule has 2 aromatic carbocycles. The number of carbonyl (C=O) groups is 2. The van der Waals surface area contributed by atoms with Gasteiger partial charge in [-0.25, -0.2) is 0 Å². The number of benzene rings is 2. The van der Waals surface area contributed by atoms with E-state index in [-0.39, 0.29) is 29.6 Å². The number of ketones is 1. The van der Waals surface area contributed by atoms with Crippen molar-refractivity contribution in [3.63, 3.8) is 0 Å². The summed E-state index contributed by atoms with van der Waals surface area (Å²) in [4.78, 5) is 30.4. The molecule has 1 aliphatic rings. The summed E-state index contributed by atoms with van der Waals surface area (Å²) in [7, 11) is 0. The first-order chi connectivity index (χ1) is 15.5. The molecule has 0 aliphatic carbocycles. The van der Waals surface area contributed by atoms with E-state index < -0.39 is 0 Å². The van der Waals surface area contributed by atoms with Crippen LogP contribution in [0.4, 0.5) is 16.5 Å². The fourth-order valence-electron chi connectivity index (χ4n) is 3.37. The fraction of sp³-hybridized carbons (Fsp3) is 0.273. The molecular formula is C22H21N5O4S. The Bertz CT molecular complexity index is 1160. The Hall–Kier alpha value is -3.66. The quantitative estimate of drug-likeness (QED) is 0.410. The number of esters is 1. The lowest BCUT2D eigenvalue weighted by Gasteiger charge is -2.30. The van der Waals surface area contributed by atoms with Crippen molar-refractivity contribution in [1.29, 1.82) is 0 Å². The maximum atomic E-state index is 12.5. The number of phenolic OH excluding ortho intramolecular Hbond substituents is 1. The SMILES string of the molecule is CCOC(=O)CCN1CCC(=O)c2cc(N=Nc3nc(-c4ccccc4)ns3)c(O)cc21. The Morgan fingerprint density at radius 3 is 2.84 bits per heavy atom. The lowest BCUT2D eigenvalue weighted by Crippen LogP contribution is -2.34. The van der Waals surface area contributed by atoms with Crippen LogP contribution in [0.2, 0.25) is 0 Å². The monoisotopic (exact) mass is 451 g/mol. The molecular weight excluding hydrogens is 430 g/mol. The van der Waals surface area contributed by atoms with Gasteiger partial charge in [0.25, 0.3) is 0 Å². The van der Waals surface area contributed by atoms with Crippen molar-refractivity contribution in [3.8, 4) is 17.1 Å². The molecule has 0 saturated heterocycles. The number of Topliss-reactive ketones (excluding diaryl/α,β-unsaturated/α-hetero) is 1. The van der Waals surface area contributed by atoms with E-state index in [1.807, 2.05) is 35.2 Å². The van der Waals surface area contributed by atoms with Crippen LogP contribution in [0.3, 0.4) is 0 Å². The Balaban J connectivity index is 1.54. The van der Waals surface area contributed by atoms with Crippen LogP contribution in [0.25, 0.3) is 11.4 Å². The van der Waals surface area contributed by atoms with E-state index in [1.54, 1.807) is 6.92 Å². The molecule has 0 saturated carbocycles. The topological polar surface area (TPSA) is 117 Å². The normalized spacial score (nSPS) is 13.4. The molecule has 0 fully saturated rings. The zero-order valence-corrected chi connectivity index (χ0v) is 18.2. The van der Waals surface area contributed by atoms with Crippen LogP contribution < -0.4 is 4.90 Å². The molecule has 0 bridgehead atoms. The highest BCUT2D eigenvalue weighted by Gasteiger charge is 2.25. The Morgan fingerprint density at radius 2 is 2.06 bits per heavy atom. The molecule has 2 heterocycles. The van der Waals surface area contributed by atoms with Gasteiger partial charge in [-0.05, 0) is 13.0 Å². The predicted octanol–water partition coefficient (Wildman–Crippen LogP) is 4.67. The van der Waals surface area contributed by atoms with Crippen LogP contribution in [0.15, 0.2) is 52.7 Å². The summed E-state index contributed by atoms with van der Waals surface area (Å²) in [5.41, 5.74) is 2.05. The largest absolute Gasteiger partial charge is 0.506 e. The number of ether oxygens (including phenoxy) is 1. The van der Waals surface area contributed by atoms with Gasteiger partial charge in [-0.15, -0.1) is 10.2 Å². The molecule has 1 aromatic heterocycles. The smallest absolute Gasteiger partial charge is 0.307 e. The number of phenols is 1. The highest BCUT2D eigenvalue weighted by Crippen LogP contribution is 2.38. The van der Waals surface area contributed by atoms with E-state index in [9.17, 15) is 14.7 Å². The number of nitrogens with zero attached hydrogens (tertiary/aromatic N) is 5. The fourth-order valence-corrected chi connectivity index (χ4v) is 3.89. The summed E-state index contributed by atoms with van der Waals surface area (Å²) in [5.74, 6) is 0.0846. The third-order valence-electron chi connectivity index (χ3n) is 4.92. The van der Waals surface area contributed by atoms with Gasteiger partial charge in [0, 0.05) is 48.2 Å². The number of anilines is 1. The van der Waals surface area contributed by atoms with Crippen molar-refractivity contribution in [2.24, 2.45) is 10.2 Å². The minimum absolute atomic E-state index is 0.0499. The maximum Gasteiger partial charge on any atom is 0.307 e. The molecule has 9 nitrogen and oxygen atoms in total. The van der Waals surface area contributed by atoms with Gasteiger partial charge in [0.2, 0.25) is 5.13 Å². The standard InChI is InChI=1S/C22H21N5O4S/c1-2-31-20(30)9-11-27-10-8-18(28)15-12-16(19(29)13-17(15)27)24-25-22-23-21(26-32-22)14-6-4-3-5-7-14/h3-7,12-13,29H,2,8-11H2,1H3. The molecule has 164 valence electrons. The summed E-state index contributed by atoms with van der Waals surface area (Å²) < 4.78 is 9.25. The lowest BCUT2D eigenvalue weighted by atomic mass is 9.99. The summed E-state index contributed by atoms with van der Waals surface area (Å²) in [5, 5.41) is 19.0. The van der Waals surface area contributed by atoms with Gasteiger partial charge in [-0.3, -0.25) is 9.59 Å². The molecule has 32 heavy (non-hydrogen) atoms. The third kappa shape index (κ3) is 4.80. The second-order valence-electron chi connectivity index (χ2n) is 7.04. The Morgan fingerprint density at radius 1 is 1.25 bits per heavy atom. The maximum absolute atomic E-state index is 12.5. The molecule has 10 heteroatoms. The molecule has 0 amide bonds. The van der Waals surface area contributed by atoms with E-state index in [1.165, 1.54) is 12.1 Å². The molecule has 0 atom stereocenters. The van der Waals surface area contributed by atoms with Crippen LogP contribution in [-0.2, 0) is 9.53 Å². The zero-order chi connectivity index (χ0) is 22.5. The number of fused-ring (bicyclic) bond motifs is 1. The van der Waals surface area contributed by atoms with E-state index in [4.69, 9.17) is 4.74 Å². The first-order valence-corrected chi connectivity index (χ1v) is 10.9. The number of hydrogen-bond donors (Lipinski definition) is 1. The summed E-state index contributed by atoms with van der Waals surface area (Å²) >= 11 is 1.09. The lowest BCUT2D eigenvalue weighted by molar-refractivity contribution is -0.142. The Labute approximate surface area is 188 Å². The van der Waals surface area contributed by atoms with Crippen LogP contribution in [0.5, 0.6) is 5.75 Å². The average Bonchev–Trinajstić information content (AvgIpc) is 3.27. The van der Waals surface area contributed by atoms with E-state index in [2.05, 4.69) is 19.6 Å². The highest BCUT2D eigenvalue weighted by atomic mass is 32.1. The van der Waals surface area contributed by atoms with Crippen molar-refractivity contribution < 1.29 is 19.4 Å². The predicted molar refractivity (Wildman–Crippen MR) is 120 cm³/mol. The number of rotatable bonds is 7. The van der Waals surface area contributed by atoms with E-state index in [0.29, 0.717) is 48.3 Å². The summed E-state index contributed by atoms with van der Waals surface area (Å²) in [6.45, 7) is 2.95. The van der Waals surface area contributed by atoms with Crippen LogP contribution in [0.1, 0.15) is 30.1 Å². The van der Waals surface area contributed by atoms with Gasteiger partial charge >= 0.3 is 5.97 Å². The number of aromatic hydroxyl groups is 1. The van der Waals surface area contributed by atoms with Gasteiger partial charge in [-0.1, -0.05) is 30.3 Å². The van der Waals surface area contributed by atoms with Crippen molar-refractivity contribution in [1.82, 2.24) is 9.36 Å². The molecule has 1 N–H and O–H groups in total. The van der Waals surface area contributed by atoms with E-state index in [0.717, 1.165) is 17.1 Å². The molecule has 0 radical (unpaired) electrons. The molecule has 1 aliphatic heterocycles. The molecule has 4 rings (SSSR count). The second kappa shape index (κ2) is 9.65. The molecule has 3 aromatic rings. The first kappa shape index (κ1) is 21.6. The van der Waals surface area contributed by atoms with Crippen LogP contribution in [-0.4, -0.2) is 45.9 Å². The summed E-state index contributed by atoms with van der Waals surface area (Å²) in [6.07, 6.45) is 0.512. The highest BCUT2D eigenvalue weighted by molar-refractivity contribution is 7.09. The third-order valence-corrected chi connectivity index (χ3v) is 5.52. The summed E-state index contributed by atoms with van der Waals surface area (Å²) in [6, 6.07) is 12.5. The van der Waals surface area contributed by atoms with Crippen molar-refractivity contribution in [2.45, 2.75) is 19.8 Å². The van der Waals surface area contributed by atoms with Gasteiger partial charge in [-0.2, -0.15) is 9.36 Å². The number of carbonyl (C=O) groups excluding carboxylic acids is 2. The average molecular weight is 452 g/mol. The first-order valence-electron chi connectivity index (χ1n) is 10.2. The number of hydrogen-bond acceptors (Lipinski definition) is 10.